The van der Waals surface area contributed by atoms with E-state index in [0.717, 1.165) is 18.7 Å². The lowest BCUT2D eigenvalue weighted by Gasteiger charge is -2.42. The molecule has 2 heterocycles. The van der Waals surface area contributed by atoms with Crippen molar-refractivity contribution in [3.05, 3.63) is 29.6 Å². The number of aryl methyl sites for hydroxylation is 1. The molecule has 6 heteroatoms. The quantitative estimate of drug-likeness (QED) is 0.842. The second-order valence-electron chi connectivity index (χ2n) is 5.83. The van der Waals surface area contributed by atoms with Gasteiger partial charge in [-0.15, -0.1) is 0 Å². The Morgan fingerprint density at radius 3 is 2.55 bits per heavy atom. The van der Waals surface area contributed by atoms with Crippen LogP contribution < -0.4 is 0 Å². The number of pyridine rings is 1. The van der Waals surface area contributed by atoms with Crippen LogP contribution in [-0.2, 0) is 16.6 Å². The zero-order valence-corrected chi connectivity index (χ0v) is 13.4. The predicted octanol–water partition coefficient (Wildman–Crippen LogP) is 1.24. The lowest BCUT2D eigenvalue weighted by molar-refractivity contribution is 0.0868. The van der Waals surface area contributed by atoms with Crippen molar-refractivity contribution in [3.63, 3.8) is 0 Å². The molecule has 1 fully saturated rings. The van der Waals surface area contributed by atoms with E-state index in [-0.39, 0.29) is 12.1 Å². The maximum Gasteiger partial charge on any atom is 0.211 e. The van der Waals surface area contributed by atoms with Crippen molar-refractivity contribution in [2.24, 2.45) is 0 Å². The molecule has 0 aromatic carbocycles. The van der Waals surface area contributed by atoms with E-state index in [2.05, 4.69) is 22.9 Å². The molecule has 1 saturated heterocycles. The Hall–Kier alpha value is -0.980. The van der Waals surface area contributed by atoms with Gasteiger partial charge in [0, 0.05) is 44.1 Å². The number of hydrogen-bond acceptors (Lipinski definition) is 4. The fraction of sp³-hybridized carbons (Fsp3) is 0.643. The normalized spacial score (nSPS) is 25.8. The number of rotatable bonds is 3. The van der Waals surface area contributed by atoms with Crippen LogP contribution in [0.25, 0.3) is 0 Å². The van der Waals surface area contributed by atoms with Crippen molar-refractivity contribution in [1.82, 2.24) is 14.2 Å². The first-order valence-corrected chi connectivity index (χ1v) is 8.73. The Labute approximate surface area is 121 Å². The molecular formula is C14H23N3O2S. The van der Waals surface area contributed by atoms with Gasteiger partial charge in [-0.05, 0) is 31.9 Å². The third-order valence-electron chi connectivity index (χ3n) is 3.80. The van der Waals surface area contributed by atoms with Crippen LogP contribution in [0.1, 0.15) is 25.0 Å². The van der Waals surface area contributed by atoms with Gasteiger partial charge in [0.1, 0.15) is 0 Å². The zero-order valence-electron chi connectivity index (χ0n) is 12.6. The SMILES string of the molecule is Cc1cncc(CN2C[C@@H](C)N(S(C)(=O)=O)C[C@@H]2C)c1. The van der Waals surface area contributed by atoms with Crippen LogP contribution in [0, 0.1) is 6.92 Å². The molecule has 2 rings (SSSR count). The van der Waals surface area contributed by atoms with E-state index in [0.29, 0.717) is 6.54 Å². The van der Waals surface area contributed by atoms with Crippen LogP contribution >= 0.6 is 0 Å². The van der Waals surface area contributed by atoms with Gasteiger partial charge in [-0.2, -0.15) is 4.31 Å². The molecule has 20 heavy (non-hydrogen) atoms. The predicted molar refractivity (Wildman–Crippen MR) is 79.9 cm³/mol. The molecule has 0 bridgehead atoms. The molecule has 0 unspecified atom stereocenters. The largest absolute Gasteiger partial charge is 0.293 e. The van der Waals surface area contributed by atoms with Crippen LogP contribution in [0.5, 0.6) is 0 Å². The molecule has 0 N–H and O–H groups in total. The summed E-state index contributed by atoms with van der Waals surface area (Å²) < 4.78 is 25.1. The van der Waals surface area contributed by atoms with Crippen molar-refractivity contribution in [2.45, 2.75) is 39.4 Å². The zero-order chi connectivity index (χ0) is 14.9. The monoisotopic (exact) mass is 297 g/mol. The topological polar surface area (TPSA) is 53.5 Å². The maximum atomic E-state index is 11.7. The second-order valence-corrected chi connectivity index (χ2v) is 7.77. The number of hydrogen-bond donors (Lipinski definition) is 0. The Kier molecular flexibility index (Phi) is 4.46. The first-order chi connectivity index (χ1) is 9.27. The molecule has 1 aromatic rings. The summed E-state index contributed by atoms with van der Waals surface area (Å²) in [4.78, 5) is 6.54. The number of aromatic nitrogens is 1. The van der Waals surface area contributed by atoms with Crippen LogP contribution in [0.4, 0.5) is 0 Å². The highest BCUT2D eigenvalue weighted by Gasteiger charge is 2.33. The van der Waals surface area contributed by atoms with Gasteiger partial charge in [0.2, 0.25) is 10.0 Å². The second kappa shape index (κ2) is 5.79. The number of piperazine rings is 1. The summed E-state index contributed by atoms with van der Waals surface area (Å²) in [5.41, 5.74) is 2.33. The average Bonchev–Trinajstić information content (AvgIpc) is 2.32. The Morgan fingerprint density at radius 2 is 1.95 bits per heavy atom. The van der Waals surface area contributed by atoms with Gasteiger partial charge in [0.15, 0.2) is 0 Å². The highest BCUT2D eigenvalue weighted by Crippen LogP contribution is 2.20. The Morgan fingerprint density at radius 1 is 1.25 bits per heavy atom. The van der Waals surface area contributed by atoms with Crippen molar-refractivity contribution >= 4 is 10.0 Å². The molecule has 2 atom stereocenters. The fourth-order valence-electron chi connectivity index (χ4n) is 2.79. The maximum absolute atomic E-state index is 11.7. The Balaban J connectivity index is 2.09. The van der Waals surface area contributed by atoms with Gasteiger partial charge in [-0.3, -0.25) is 9.88 Å². The molecule has 5 nitrogen and oxygen atoms in total. The van der Waals surface area contributed by atoms with Crippen molar-refractivity contribution in [2.75, 3.05) is 19.3 Å². The smallest absolute Gasteiger partial charge is 0.211 e. The van der Waals surface area contributed by atoms with Gasteiger partial charge >= 0.3 is 0 Å². The molecule has 0 saturated carbocycles. The van der Waals surface area contributed by atoms with E-state index in [9.17, 15) is 8.42 Å². The van der Waals surface area contributed by atoms with Gasteiger partial charge < -0.3 is 0 Å². The number of nitrogens with zero attached hydrogens (tertiary/aromatic N) is 3. The molecular weight excluding hydrogens is 274 g/mol. The van der Waals surface area contributed by atoms with E-state index in [1.165, 1.54) is 11.8 Å². The highest BCUT2D eigenvalue weighted by atomic mass is 32.2. The molecule has 0 spiro atoms. The highest BCUT2D eigenvalue weighted by molar-refractivity contribution is 7.88. The number of sulfonamides is 1. The van der Waals surface area contributed by atoms with Gasteiger partial charge in [0.25, 0.3) is 0 Å². The summed E-state index contributed by atoms with van der Waals surface area (Å²) in [7, 11) is -3.12. The first kappa shape index (κ1) is 15.4. The minimum Gasteiger partial charge on any atom is -0.293 e. The van der Waals surface area contributed by atoms with Crippen molar-refractivity contribution in [1.29, 1.82) is 0 Å². The van der Waals surface area contributed by atoms with Crippen molar-refractivity contribution < 1.29 is 8.42 Å². The molecule has 1 aromatic heterocycles. The van der Waals surface area contributed by atoms with E-state index in [1.54, 1.807) is 4.31 Å². The standard InChI is InChI=1S/C14H23N3O2S/c1-11-5-14(7-15-6-11)10-16-8-13(3)17(9-12(16)2)20(4,18)19/h5-7,12-13H,8-10H2,1-4H3/t12-,13+/m0/s1. The summed E-state index contributed by atoms with van der Waals surface area (Å²) in [5.74, 6) is 0. The molecule has 1 aliphatic heterocycles. The molecule has 0 amide bonds. The van der Waals surface area contributed by atoms with E-state index >= 15 is 0 Å². The van der Waals surface area contributed by atoms with Gasteiger partial charge in [0.05, 0.1) is 6.26 Å². The third-order valence-corrected chi connectivity index (χ3v) is 5.16. The summed E-state index contributed by atoms with van der Waals surface area (Å²) in [6.07, 6.45) is 5.01. The van der Waals surface area contributed by atoms with Crippen LogP contribution in [0.15, 0.2) is 18.5 Å². The van der Waals surface area contributed by atoms with E-state index in [4.69, 9.17) is 0 Å². The summed E-state index contributed by atoms with van der Waals surface area (Å²) in [6, 6.07) is 2.35. The summed E-state index contributed by atoms with van der Waals surface area (Å²) in [6.45, 7) is 8.20. The van der Waals surface area contributed by atoms with E-state index in [1.807, 2.05) is 26.2 Å². The minimum atomic E-state index is -3.12. The van der Waals surface area contributed by atoms with Crippen LogP contribution in [0.2, 0.25) is 0 Å². The van der Waals surface area contributed by atoms with Crippen LogP contribution in [-0.4, -0.2) is 54.0 Å². The average molecular weight is 297 g/mol. The lowest BCUT2D eigenvalue weighted by atomic mass is 10.1. The summed E-state index contributed by atoms with van der Waals surface area (Å²) >= 11 is 0. The van der Waals surface area contributed by atoms with Gasteiger partial charge in [-0.1, -0.05) is 6.07 Å². The lowest BCUT2D eigenvalue weighted by Crippen LogP contribution is -2.57. The molecule has 112 valence electrons. The molecule has 0 aliphatic carbocycles. The van der Waals surface area contributed by atoms with E-state index < -0.39 is 10.0 Å². The fourth-order valence-corrected chi connectivity index (χ4v) is 3.99. The molecule has 1 aliphatic rings. The van der Waals surface area contributed by atoms with Crippen LogP contribution in [0.3, 0.4) is 0 Å². The summed E-state index contributed by atoms with van der Waals surface area (Å²) in [5, 5.41) is 0. The van der Waals surface area contributed by atoms with Crippen molar-refractivity contribution in [3.8, 4) is 0 Å². The third kappa shape index (κ3) is 3.56. The van der Waals surface area contributed by atoms with Gasteiger partial charge in [-0.25, -0.2) is 8.42 Å². The molecule has 0 radical (unpaired) electrons. The Bertz CT molecular complexity index is 574. The first-order valence-electron chi connectivity index (χ1n) is 6.89. The minimum absolute atomic E-state index is 0.0129.